The molecule has 1 atom stereocenters. The molecule has 2 aromatic rings. The van der Waals surface area contributed by atoms with Crippen molar-refractivity contribution in [2.45, 2.75) is 51.2 Å². The highest BCUT2D eigenvalue weighted by molar-refractivity contribution is 9.10. The van der Waals surface area contributed by atoms with Gasteiger partial charge in [-0.1, -0.05) is 35.2 Å². The molecule has 0 bridgehead atoms. The first-order valence-electron chi connectivity index (χ1n) is 9.91. The maximum absolute atomic E-state index is 13.1. The second kappa shape index (κ2) is 10.7. The summed E-state index contributed by atoms with van der Waals surface area (Å²) >= 11 is 4.70. The summed E-state index contributed by atoms with van der Waals surface area (Å²) in [7, 11) is 0. The van der Waals surface area contributed by atoms with Crippen LogP contribution in [0.25, 0.3) is 0 Å². The van der Waals surface area contributed by atoms with Crippen LogP contribution in [0.15, 0.2) is 40.3 Å². The van der Waals surface area contributed by atoms with Gasteiger partial charge in [-0.2, -0.15) is 0 Å². The molecule has 1 heterocycles. The predicted octanol–water partition coefficient (Wildman–Crippen LogP) is 3.93. The lowest BCUT2D eigenvalue weighted by atomic mass is 9.94. The minimum Gasteiger partial charge on any atom is -0.451 e. The van der Waals surface area contributed by atoms with E-state index in [2.05, 4.69) is 26.2 Å². The summed E-state index contributed by atoms with van der Waals surface area (Å²) in [5.41, 5.74) is 0.433. The first-order valence-corrected chi connectivity index (χ1v) is 11.6. The molecule has 1 aromatic carbocycles. The summed E-state index contributed by atoms with van der Waals surface area (Å²) in [5, 5.41) is 4.97. The first kappa shape index (κ1) is 22.4. The third kappa shape index (κ3) is 5.89. The van der Waals surface area contributed by atoms with Crippen LogP contribution in [-0.2, 0) is 14.3 Å². The third-order valence-electron chi connectivity index (χ3n) is 4.96. The molecule has 1 aliphatic carbocycles. The number of carbonyl (C=O) groups is 3. The second-order valence-corrected chi connectivity index (χ2v) is 8.93. The Morgan fingerprint density at radius 1 is 1.23 bits per heavy atom. The predicted molar refractivity (Wildman–Crippen MR) is 119 cm³/mol. The summed E-state index contributed by atoms with van der Waals surface area (Å²) < 4.78 is 6.17. The van der Waals surface area contributed by atoms with Crippen molar-refractivity contribution < 1.29 is 19.1 Å². The van der Waals surface area contributed by atoms with Gasteiger partial charge >= 0.3 is 5.97 Å². The van der Waals surface area contributed by atoms with Gasteiger partial charge in [0.15, 0.2) is 11.2 Å². The molecule has 1 saturated carbocycles. The molecule has 2 amide bonds. The summed E-state index contributed by atoms with van der Waals surface area (Å²) in [4.78, 5) is 43.4. The van der Waals surface area contributed by atoms with Crippen molar-refractivity contribution in [3.8, 4) is 0 Å². The molecule has 1 unspecified atom stereocenters. The van der Waals surface area contributed by atoms with E-state index in [0.717, 1.165) is 30.2 Å². The fourth-order valence-electron chi connectivity index (χ4n) is 3.45. The average Bonchev–Trinajstić information content (AvgIpc) is 3.27. The zero-order valence-electron chi connectivity index (χ0n) is 16.7. The highest BCUT2D eigenvalue weighted by atomic mass is 79.9. The first-order chi connectivity index (χ1) is 14.5. The van der Waals surface area contributed by atoms with Crippen molar-refractivity contribution in [2.75, 3.05) is 11.4 Å². The van der Waals surface area contributed by atoms with E-state index in [-0.39, 0.29) is 24.4 Å². The molecule has 160 valence electrons. The number of ether oxygens (including phenoxy) is 1. The highest BCUT2D eigenvalue weighted by Gasteiger charge is 2.33. The van der Waals surface area contributed by atoms with Gasteiger partial charge in [-0.15, -0.1) is 11.3 Å². The van der Waals surface area contributed by atoms with Gasteiger partial charge in [-0.05, 0) is 44.0 Å². The zero-order valence-corrected chi connectivity index (χ0v) is 19.1. The summed E-state index contributed by atoms with van der Waals surface area (Å²) in [6.07, 6.45) is 5.82. The normalized spacial score (nSPS) is 15.3. The van der Waals surface area contributed by atoms with Crippen LogP contribution in [-0.4, -0.2) is 41.5 Å². The molecule has 1 fully saturated rings. The average molecular weight is 494 g/mol. The molecular weight excluding hydrogens is 470 g/mol. The van der Waals surface area contributed by atoms with Gasteiger partial charge in [0, 0.05) is 27.7 Å². The summed E-state index contributed by atoms with van der Waals surface area (Å²) in [6.45, 7) is 1.24. The van der Waals surface area contributed by atoms with E-state index in [1.807, 2.05) is 5.38 Å². The molecule has 1 N–H and O–H groups in total. The van der Waals surface area contributed by atoms with E-state index in [1.165, 1.54) is 17.8 Å². The van der Waals surface area contributed by atoms with Crippen LogP contribution in [0, 0.1) is 0 Å². The van der Waals surface area contributed by atoms with Crippen LogP contribution in [0.1, 0.15) is 49.4 Å². The number of hydrogen-bond acceptors (Lipinski definition) is 6. The number of benzene rings is 1. The number of hydrogen-bond donors (Lipinski definition) is 1. The Morgan fingerprint density at radius 3 is 2.57 bits per heavy atom. The highest BCUT2D eigenvalue weighted by Crippen LogP contribution is 2.29. The number of esters is 1. The van der Waals surface area contributed by atoms with Crippen molar-refractivity contribution >= 4 is 50.2 Å². The number of nitrogens with one attached hydrogen (secondary N) is 1. The van der Waals surface area contributed by atoms with E-state index in [9.17, 15) is 14.4 Å². The van der Waals surface area contributed by atoms with Crippen LogP contribution in [0.5, 0.6) is 0 Å². The molecule has 0 spiro atoms. The Morgan fingerprint density at radius 2 is 1.93 bits per heavy atom. The smallest absolute Gasteiger partial charge is 0.326 e. The zero-order chi connectivity index (χ0) is 21.5. The fraction of sp³-hybridized carbons (Fsp3) is 0.429. The molecule has 0 saturated heterocycles. The Hall–Kier alpha value is -2.26. The van der Waals surface area contributed by atoms with Gasteiger partial charge < -0.3 is 10.1 Å². The fourth-order valence-corrected chi connectivity index (χ4v) is 4.43. The number of thiazole rings is 1. The van der Waals surface area contributed by atoms with Crippen LogP contribution in [0.3, 0.4) is 0 Å². The lowest BCUT2D eigenvalue weighted by Crippen LogP contribution is -2.47. The van der Waals surface area contributed by atoms with Crippen LogP contribution < -0.4 is 10.2 Å². The molecular formula is C21H24BrN3O4S. The van der Waals surface area contributed by atoms with E-state index in [1.54, 1.807) is 42.3 Å². The maximum Gasteiger partial charge on any atom is 0.326 e. The number of halogens is 1. The molecule has 9 heteroatoms. The standard InChI is InChI=1S/C21H24BrN3O4S/c1-14(29-18(26)13-24-19(27)15-7-9-16(22)10-8-15)20(28)25(21-23-11-12-30-21)17-5-3-2-4-6-17/h7-12,14,17H,2-6,13H2,1H3,(H,24,27). The monoisotopic (exact) mass is 493 g/mol. The van der Waals surface area contributed by atoms with Gasteiger partial charge in [0.25, 0.3) is 11.8 Å². The lowest BCUT2D eigenvalue weighted by Gasteiger charge is -2.33. The quantitative estimate of drug-likeness (QED) is 0.590. The molecule has 0 aliphatic heterocycles. The molecule has 0 radical (unpaired) electrons. The Bertz CT molecular complexity index is 867. The number of aromatic nitrogens is 1. The lowest BCUT2D eigenvalue weighted by molar-refractivity contribution is -0.153. The largest absolute Gasteiger partial charge is 0.451 e. The van der Waals surface area contributed by atoms with Crippen molar-refractivity contribution in [3.05, 3.63) is 45.9 Å². The maximum atomic E-state index is 13.1. The van der Waals surface area contributed by atoms with E-state index in [4.69, 9.17) is 4.74 Å². The van der Waals surface area contributed by atoms with Crippen molar-refractivity contribution in [1.29, 1.82) is 0 Å². The van der Waals surface area contributed by atoms with Crippen molar-refractivity contribution in [2.24, 2.45) is 0 Å². The van der Waals surface area contributed by atoms with Gasteiger partial charge in [0.1, 0.15) is 6.54 Å². The second-order valence-electron chi connectivity index (χ2n) is 7.14. The number of carbonyl (C=O) groups excluding carboxylic acids is 3. The topological polar surface area (TPSA) is 88.6 Å². The Kier molecular flexibility index (Phi) is 7.98. The number of anilines is 1. The third-order valence-corrected chi connectivity index (χ3v) is 6.26. The van der Waals surface area contributed by atoms with Gasteiger partial charge in [-0.25, -0.2) is 4.98 Å². The molecule has 7 nitrogen and oxygen atoms in total. The van der Waals surface area contributed by atoms with E-state index >= 15 is 0 Å². The summed E-state index contributed by atoms with van der Waals surface area (Å²) in [6, 6.07) is 6.84. The number of nitrogens with zero attached hydrogens (tertiary/aromatic N) is 2. The molecule has 1 aliphatic rings. The Labute approximate surface area is 187 Å². The van der Waals surface area contributed by atoms with Gasteiger partial charge in [-0.3, -0.25) is 19.3 Å². The van der Waals surface area contributed by atoms with Gasteiger partial charge in [0.05, 0.1) is 0 Å². The van der Waals surface area contributed by atoms with Crippen LogP contribution in [0.2, 0.25) is 0 Å². The molecule has 30 heavy (non-hydrogen) atoms. The minimum atomic E-state index is -0.965. The SMILES string of the molecule is CC(OC(=O)CNC(=O)c1ccc(Br)cc1)C(=O)N(c1nccs1)C1CCCCC1. The van der Waals surface area contributed by atoms with E-state index in [0.29, 0.717) is 10.7 Å². The van der Waals surface area contributed by atoms with Crippen molar-refractivity contribution in [3.63, 3.8) is 0 Å². The molecule has 1 aromatic heterocycles. The number of amides is 2. The minimum absolute atomic E-state index is 0.0654. The number of rotatable bonds is 7. The van der Waals surface area contributed by atoms with E-state index < -0.39 is 12.1 Å². The van der Waals surface area contributed by atoms with Crippen molar-refractivity contribution in [1.82, 2.24) is 10.3 Å². The van der Waals surface area contributed by atoms with Crippen LogP contribution >= 0.6 is 27.3 Å². The molecule has 3 rings (SSSR count). The summed E-state index contributed by atoms with van der Waals surface area (Å²) in [5.74, 6) is -1.33. The van der Waals surface area contributed by atoms with Crippen LogP contribution in [0.4, 0.5) is 5.13 Å². The Balaban J connectivity index is 1.56. The van der Waals surface area contributed by atoms with Gasteiger partial charge in [0.2, 0.25) is 0 Å².